The molecule has 3 aliphatic heterocycles. The first-order valence-electron chi connectivity index (χ1n) is 6.42. The Bertz CT molecular complexity index is 446. The van der Waals surface area contributed by atoms with Crippen molar-refractivity contribution in [3.05, 3.63) is 10.6 Å². The number of amides is 1. The average Bonchev–Trinajstić information content (AvgIpc) is 2.40. The Labute approximate surface area is 116 Å². The lowest BCUT2D eigenvalue weighted by molar-refractivity contribution is -0.126. The van der Waals surface area contributed by atoms with E-state index in [0.29, 0.717) is 0 Å². The number of hydrogen-bond acceptors (Lipinski definition) is 4. The molecule has 0 aromatic carbocycles. The van der Waals surface area contributed by atoms with Gasteiger partial charge >= 0.3 is 0 Å². The minimum absolute atomic E-state index is 0.0683. The third-order valence-electron chi connectivity index (χ3n) is 4.03. The number of nitriles is 1. The average molecular weight is 280 g/mol. The van der Waals surface area contributed by atoms with Crippen LogP contribution >= 0.6 is 23.5 Å². The summed E-state index contributed by atoms with van der Waals surface area (Å²) in [7, 11) is 0. The van der Waals surface area contributed by atoms with Crippen molar-refractivity contribution in [1.82, 2.24) is 5.32 Å². The number of nitrogens with one attached hydrogen (secondary N) is 1. The Balaban J connectivity index is 2.08. The molecule has 0 aromatic rings. The standard InChI is InChI=1S/C13H16N2OS2/c14-7-9-12(16)15-10-3-1-6-18-11(10)13(9)4-2-5-17-8-13/h9H,1-6,8H2,(H,15,16). The number of carbonyl (C=O) groups excluding carboxylic acids is 1. The smallest absolute Gasteiger partial charge is 0.242 e. The quantitative estimate of drug-likeness (QED) is 0.741. The molecule has 5 heteroatoms. The molecule has 18 heavy (non-hydrogen) atoms. The fourth-order valence-corrected chi connectivity index (χ4v) is 6.00. The maximum atomic E-state index is 12.2. The molecule has 1 saturated heterocycles. The summed E-state index contributed by atoms with van der Waals surface area (Å²) in [5.41, 5.74) is 0.936. The van der Waals surface area contributed by atoms with Gasteiger partial charge < -0.3 is 5.32 Å². The fourth-order valence-electron chi connectivity index (χ4n) is 3.20. The highest BCUT2D eigenvalue weighted by Crippen LogP contribution is 2.54. The summed E-state index contributed by atoms with van der Waals surface area (Å²) >= 11 is 3.77. The summed E-state index contributed by atoms with van der Waals surface area (Å²) in [4.78, 5) is 13.5. The van der Waals surface area contributed by atoms with Crippen molar-refractivity contribution in [3.63, 3.8) is 0 Å². The van der Waals surface area contributed by atoms with Gasteiger partial charge in [-0.3, -0.25) is 4.79 Å². The van der Waals surface area contributed by atoms with Gasteiger partial charge in [0.1, 0.15) is 5.92 Å². The Morgan fingerprint density at radius 3 is 3.00 bits per heavy atom. The second-order valence-corrected chi connectivity index (χ2v) is 7.33. The van der Waals surface area contributed by atoms with E-state index in [1.165, 1.54) is 4.91 Å². The second-order valence-electron chi connectivity index (χ2n) is 5.12. The molecule has 1 N–H and O–H groups in total. The van der Waals surface area contributed by atoms with Crippen LogP contribution in [0.3, 0.4) is 0 Å². The largest absolute Gasteiger partial charge is 0.328 e. The fraction of sp³-hybridized carbons (Fsp3) is 0.692. The van der Waals surface area contributed by atoms with Crippen molar-refractivity contribution >= 4 is 29.4 Å². The van der Waals surface area contributed by atoms with E-state index < -0.39 is 5.92 Å². The van der Waals surface area contributed by atoms with Gasteiger partial charge in [0.2, 0.25) is 5.91 Å². The van der Waals surface area contributed by atoms with Gasteiger partial charge in [-0.2, -0.15) is 17.0 Å². The molecule has 0 radical (unpaired) electrons. The summed E-state index contributed by atoms with van der Waals surface area (Å²) in [6, 6.07) is 2.27. The lowest BCUT2D eigenvalue weighted by Gasteiger charge is -2.46. The molecule has 3 nitrogen and oxygen atoms in total. The summed E-state index contributed by atoms with van der Waals surface area (Å²) in [6.07, 6.45) is 4.22. The molecule has 3 rings (SSSR count). The van der Waals surface area contributed by atoms with E-state index in [2.05, 4.69) is 11.4 Å². The van der Waals surface area contributed by atoms with Crippen molar-refractivity contribution < 1.29 is 4.79 Å². The van der Waals surface area contributed by atoms with Crippen molar-refractivity contribution in [2.75, 3.05) is 17.3 Å². The topological polar surface area (TPSA) is 52.9 Å². The maximum Gasteiger partial charge on any atom is 0.242 e. The van der Waals surface area contributed by atoms with Crippen molar-refractivity contribution in [1.29, 1.82) is 5.26 Å². The molecular formula is C13H16N2OS2. The van der Waals surface area contributed by atoms with Gasteiger partial charge in [-0.25, -0.2) is 0 Å². The first-order valence-corrected chi connectivity index (χ1v) is 8.56. The number of fused-ring (bicyclic) bond motifs is 1. The van der Waals surface area contributed by atoms with E-state index in [0.717, 1.165) is 48.6 Å². The zero-order valence-corrected chi connectivity index (χ0v) is 11.8. The van der Waals surface area contributed by atoms with E-state index in [-0.39, 0.29) is 11.3 Å². The van der Waals surface area contributed by atoms with Crippen LogP contribution in [0.5, 0.6) is 0 Å². The molecule has 0 saturated carbocycles. The highest BCUT2D eigenvalue weighted by Gasteiger charge is 2.51. The van der Waals surface area contributed by atoms with E-state index in [9.17, 15) is 10.1 Å². The summed E-state index contributed by atoms with van der Waals surface area (Å²) in [5, 5.41) is 12.4. The van der Waals surface area contributed by atoms with Crippen molar-refractivity contribution in [2.45, 2.75) is 25.7 Å². The van der Waals surface area contributed by atoms with Crippen LogP contribution in [-0.4, -0.2) is 23.2 Å². The second kappa shape index (κ2) is 4.82. The van der Waals surface area contributed by atoms with Gasteiger partial charge in [0.25, 0.3) is 0 Å². The van der Waals surface area contributed by atoms with Gasteiger partial charge in [-0.05, 0) is 37.2 Å². The first-order chi connectivity index (χ1) is 8.78. The molecule has 0 aromatic heterocycles. The summed E-state index contributed by atoms with van der Waals surface area (Å²) in [5.74, 6) is 2.66. The molecule has 2 unspecified atom stereocenters. The summed E-state index contributed by atoms with van der Waals surface area (Å²) in [6.45, 7) is 0. The Morgan fingerprint density at radius 2 is 2.28 bits per heavy atom. The molecule has 3 heterocycles. The van der Waals surface area contributed by atoms with Crippen LogP contribution in [0.4, 0.5) is 0 Å². The van der Waals surface area contributed by atoms with Gasteiger partial charge in [0.05, 0.1) is 6.07 Å². The number of hydrogen-bond donors (Lipinski definition) is 1. The van der Waals surface area contributed by atoms with Gasteiger partial charge in [0.15, 0.2) is 0 Å². The minimum atomic E-state index is -0.491. The van der Waals surface area contributed by atoms with E-state index in [1.807, 2.05) is 23.5 Å². The van der Waals surface area contributed by atoms with Crippen LogP contribution < -0.4 is 5.32 Å². The zero-order chi connectivity index (χ0) is 12.6. The normalized spacial score (nSPS) is 35.9. The Hall–Kier alpha value is -0.600. The SMILES string of the molecule is N#CC1C(=O)NC2=C(SCCC2)C12CCCSC2. The number of thioether (sulfide) groups is 2. The third-order valence-corrected chi connectivity index (χ3v) is 6.76. The molecule has 1 amide bonds. The molecule has 0 bridgehead atoms. The molecule has 0 aliphatic carbocycles. The molecular weight excluding hydrogens is 264 g/mol. The van der Waals surface area contributed by atoms with Gasteiger partial charge in [0, 0.05) is 21.8 Å². The number of rotatable bonds is 0. The molecule has 96 valence electrons. The van der Waals surface area contributed by atoms with Gasteiger partial charge in [-0.1, -0.05) is 0 Å². The van der Waals surface area contributed by atoms with Gasteiger partial charge in [-0.15, -0.1) is 11.8 Å². The highest BCUT2D eigenvalue weighted by atomic mass is 32.2. The Morgan fingerprint density at radius 1 is 1.39 bits per heavy atom. The molecule has 2 atom stereocenters. The van der Waals surface area contributed by atoms with Crippen molar-refractivity contribution in [3.8, 4) is 6.07 Å². The summed E-state index contributed by atoms with van der Waals surface area (Å²) < 4.78 is 0. The van der Waals surface area contributed by atoms with Crippen LogP contribution in [0.1, 0.15) is 25.7 Å². The first kappa shape index (κ1) is 12.4. The molecule has 3 aliphatic rings. The van der Waals surface area contributed by atoms with Crippen LogP contribution in [0, 0.1) is 22.7 Å². The van der Waals surface area contributed by atoms with Crippen molar-refractivity contribution in [2.24, 2.45) is 11.3 Å². The predicted octanol–water partition coefficient (Wildman–Crippen LogP) is 2.51. The van der Waals surface area contributed by atoms with Crippen LogP contribution in [0.15, 0.2) is 10.6 Å². The lowest BCUT2D eigenvalue weighted by atomic mass is 9.70. The maximum absolute atomic E-state index is 12.2. The number of carbonyl (C=O) groups is 1. The van der Waals surface area contributed by atoms with Crippen LogP contribution in [0.25, 0.3) is 0 Å². The highest BCUT2D eigenvalue weighted by molar-refractivity contribution is 8.03. The third kappa shape index (κ3) is 1.78. The van der Waals surface area contributed by atoms with Crippen LogP contribution in [-0.2, 0) is 4.79 Å². The van der Waals surface area contributed by atoms with E-state index in [4.69, 9.17) is 0 Å². The number of allylic oxidation sites excluding steroid dienone is 2. The zero-order valence-electron chi connectivity index (χ0n) is 10.2. The molecule has 1 fully saturated rings. The lowest BCUT2D eigenvalue weighted by Crippen LogP contribution is -2.50. The number of nitrogens with zero attached hydrogens (tertiary/aromatic N) is 1. The van der Waals surface area contributed by atoms with Crippen LogP contribution in [0.2, 0.25) is 0 Å². The Kier molecular flexibility index (Phi) is 3.33. The van der Waals surface area contributed by atoms with E-state index in [1.54, 1.807) is 0 Å². The van der Waals surface area contributed by atoms with E-state index >= 15 is 0 Å². The predicted molar refractivity (Wildman–Crippen MR) is 75.0 cm³/mol. The molecule has 1 spiro atoms. The monoisotopic (exact) mass is 280 g/mol. The minimum Gasteiger partial charge on any atom is -0.328 e.